The van der Waals surface area contributed by atoms with Crippen LogP contribution in [0.1, 0.15) is 12.8 Å². The first-order valence-corrected chi connectivity index (χ1v) is 8.67. The van der Waals surface area contributed by atoms with E-state index in [-0.39, 0.29) is 23.4 Å². The highest BCUT2D eigenvalue weighted by Gasteiger charge is 2.27. The van der Waals surface area contributed by atoms with Crippen molar-refractivity contribution in [2.45, 2.75) is 23.8 Å². The molecule has 8 heteroatoms. The van der Waals surface area contributed by atoms with Gasteiger partial charge in [0, 0.05) is 13.1 Å². The zero-order valence-electron chi connectivity index (χ0n) is 11.8. The second-order valence-corrected chi connectivity index (χ2v) is 7.80. The summed E-state index contributed by atoms with van der Waals surface area (Å²) in [6, 6.07) is 4.69. The van der Waals surface area contributed by atoms with Crippen LogP contribution in [-0.4, -0.2) is 45.4 Å². The number of halogens is 1. The predicted molar refractivity (Wildman–Crippen MR) is 81.7 cm³/mol. The third kappa shape index (κ3) is 3.96. The molecule has 6 nitrogen and oxygen atoms in total. The summed E-state index contributed by atoms with van der Waals surface area (Å²) in [5.41, 5.74) is 0. The lowest BCUT2D eigenvalue weighted by Gasteiger charge is -2.17. The van der Waals surface area contributed by atoms with Gasteiger partial charge in [-0.05, 0) is 47.0 Å². The summed E-state index contributed by atoms with van der Waals surface area (Å²) in [4.78, 5) is 11.8. The molecule has 1 N–H and O–H groups in total. The first-order chi connectivity index (χ1) is 9.84. The highest BCUT2D eigenvalue weighted by Crippen LogP contribution is 2.28. The van der Waals surface area contributed by atoms with Crippen LogP contribution in [0.25, 0.3) is 0 Å². The average molecular weight is 377 g/mol. The van der Waals surface area contributed by atoms with Crippen LogP contribution in [0.4, 0.5) is 0 Å². The van der Waals surface area contributed by atoms with Gasteiger partial charge < -0.3 is 10.1 Å². The summed E-state index contributed by atoms with van der Waals surface area (Å²) in [5, 5.41) is 2.76. The van der Waals surface area contributed by atoms with Gasteiger partial charge in [0.15, 0.2) is 0 Å². The van der Waals surface area contributed by atoms with E-state index in [2.05, 4.69) is 21.2 Å². The fourth-order valence-electron chi connectivity index (χ4n) is 1.78. The number of ether oxygens (including phenoxy) is 1. The molecule has 0 bridgehead atoms. The summed E-state index contributed by atoms with van der Waals surface area (Å²) < 4.78 is 31.5. The van der Waals surface area contributed by atoms with E-state index in [0.29, 0.717) is 10.2 Å². The Bertz CT molecular complexity index is 644. The number of likely N-dealkylation sites (N-methyl/N-ethyl adjacent to an activating group) is 1. The summed E-state index contributed by atoms with van der Waals surface area (Å²) >= 11 is 3.25. The number of methoxy groups -OCH3 is 1. The number of carbonyl (C=O) groups excluding carboxylic acids is 1. The lowest BCUT2D eigenvalue weighted by molar-refractivity contribution is -0.121. The summed E-state index contributed by atoms with van der Waals surface area (Å²) in [5.74, 6) is 0.263. The van der Waals surface area contributed by atoms with Gasteiger partial charge in [-0.15, -0.1) is 0 Å². The Morgan fingerprint density at radius 3 is 2.67 bits per heavy atom. The Labute approximate surface area is 132 Å². The van der Waals surface area contributed by atoms with Crippen molar-refractivity contribution in [1.82, 2.24) is 9.62 Å². The van der Waals surface area contributed by atoms with Crippen LogP contribution in [0, 0.1) is 0 Å². The number of carbonyl (C=O) groups is 1. The third-order valence-corrected chi connectivity index (χ3v) is 5.56. The minimum absolute atomic E-state index is 0.108. The molecule has 0 aromatic heterocycles. The van der Waals surface area contributed by atoms with Crippen LogP contribution in [-0.2, 0) is 14.8 Å². The number of sulfonamides is 1. The molecule has 0 spiro atoms. The number of hydrogen-bond donors (Lipinski definition) is 1. The van der Waals surface area contributed by atoms with Gasteiger partial charge in [0.25, 0.3) is 0 Å². The van der Waals surface area contributed by atoms with Crippen LogP contribution in [0.2, 0.25) is 0 Å². The second-order valence-electron chi connectivity index (χ2n) is 4.90. The summed E-state index contributed by atoms with van der Waals surface area (Å²) in [6.07, 6.45) is 1.93. The molecule has 116 valence electrons. The zero-order valence-corrected chi connectivity index (χ0v) is 14.2. The van der Waals surface area contributed by atoms with E-state index in [1.807, 2.05) is 0 Å². The molecule has 0 atom stereocenters. The van der Waals surface area contributed by atoms with Gasteiger partial charge >= 0.3 is 0 Å². The lowest BCUT2D eigenvalue weighted by atomic mass is 10.3. The Hall–Kier alpha value is -1.12. The number of hydrogen-bond acceptors (Lipinski definition) is 4. The van der Waals surface area contributed by atoms with E-state index >= 15 is 0 Å². The van der Waals surface area contributed by atoms with Gasteiger partial charge in [-0.3, -0.25) is 4.79 Å². The van der Waals surface area contributed by atoms with E-state index < -0.39 is 10.0 Å². The van der Waals surface area contributed by atoms with Crippen LogP contribution in [0.5, 0.6) is 5.75 Å². The molecular weight excluding hydrogens is 360 g/mol. The summed E-state index contributed by atoms with van der Waals surface area (Å²) in [6.45, 7) is -0.192. The molecule has 1 aromatic rings. The van der Waals surface area contributed by atoms with Crippen molar-refractivity contribution in [3.8, 4) is 5.75 Å². The first-order valence-electron chi connectivity index (χ1n) is 6.44. The fraction of sp³-hybridized carbons (Fsp3) is 0.462. The molecule has 0 saturated heterocycles. The smallest absolute Gasteiger partial charge is 0.243 e. The van der Waals surface area contributed by atoms with Crippen molar-refractivity contribution < 1.29 is 17.9 Å². The molecule has 21 heavy (non-hydrogen) atoms. The standard InChI is InChI=1S/C13H17BrN2O4S/c1-16(8-13(17)15-9-3-4-9)21(18,19)10-5-6-12(20-2)11(14)7-10/h5-7,9H,3-4,8H2,1-2H3,(H,15,17). The molecular formula is C13H17BrN2O4S. The van der Waals surface area contributed by atoms with Gasteiger partial charge in [-0.2, -0.15) is 4.31 Å². The van der Waals surface area contributed by atoms with Crippen molar-refractivity contribution >= 4 is 31.9 Å². The minimum Gasteiger partial charge on any atom is -0.496 e. The predicted octanol–water partition coefficient (Wildman–Crippen LogP) is 1.36. The quantitative estimate of drug-likeness (QED) is 0.812. The van der Waals surface area contributed by atoms with Crippen molar-refractivity contribution in [3.63, 3.8) is 0 Å². The number of benzene rings is 1. The first kappa shape index (κ1) is 16.3. The van der Waals surface area contributed by atoms with Crippen LogP contribution >= 0.6 is 15.9 Å². The van der Waals surface area contributed by atoms with E-state index in [4.69, 9.17) is 4.74 Å². The fourth-order valence-corrected chi connectivity index (χ4v) is 3.62. The molecule has 0 aliphatic heterocycles. The number of rotatable bonds is 6. The molecule has 0 heterocycles. The molecule has 0 radical (unpaired) electrons. The molecule has 1 saturated carbocycles. The van der Waals surface area contributed by atoms with Crippen LogP contribution in [0.3, 0.4) is 0 Å². The molecule has 1 aliphatic rings. The maximum absolute atomic E-state index is 12.4. The number of nitrogens with one attached hydrogen (secondary N) is 1. The van der Waals surface area contributed by atoms with Crippen molar-refractivity contribution in [2.24, 2.45) is 0 Å². The Balaban J connectivity index is 2.12. The van der Waals surface area contributed by atoms with Gasteiger partial charge in [0.1, 0.15) is 5.75 Å². The maximum Gasteiger partial charge on any atom is 0.243 e. The zero-order chi connectivity index (χ0) is 15.6. The largest absolute Gasteiger partial charge is 0.496 e. The Kier molecular flexibility index (Phi) is 4.90. The van der Waals surface area contributed by atoms with Crippen LogP contribution < -0.4 is 10.1 Å². The van der Waals surface area contributed by atoms with E-state index in [9.17, 15) is 13.2 Å². The SMILES string of the molecule is COc1ccc(S(=O)(=O)N(C)CC(=O)NC2CC2)cc1Br. The normalized spacial score (nSPS) is 15.0. The molecule has 2 rings (SSSR count). The van der Waals surface area contributed by atoms with Crippen molar-refractivity contribution in [1.29, 1.82) is 0 Å². The monoisotopic (exact) mass is 376 g/mol. The molecule has 1 aromatic carbocycles. The Morgan fingerprint density at radius 1 is 1.48 bits per heavy atom. The van der Waals surface area contributed by atoms with Crippen LogP contribution in [0.15, 0.2) is 27.6 Å². The van der Waals surface area contributed by atoms with Crippen molar-refractivity contribution in [2.75, 3.05) is 20.7 Å². The van der Waals surface area contributed by atoms with Gasteiger partial charge in [0.2, 0.25) is 15.9 Å². The summed E-state index contributed by atoms with van der Waals surface area (Å²) in [7, 11) is -0.819. The van der Waals surface area contributed by atoms with Gasteiger partial charge in [-0.25, -0.2) is 8.42 Å². The molecule has 1 aliphatic carbocycles. The minimum atomic E-state index is -3.71. The highest BCUT2D eigenvalue weighted by molar-refractivity contribution is 9.10. The topological polar surface area (TPSA) is 75.7 Å². The average Bonchev–Trinajstić information content (AvgIpc) is 3.22. The number of nitrogens with zero attached hydrogens (tertiary/aromatic N) is 1. The van der Waals surface area contributed by atoms with Gasteiger partial charge in [0.05, 0.1) is 23.0 Å². The second kappa shape index (κ2) is 6.33. The lowest BCUT2D eigenvalue weighted by Crippen LogP contribution is -2.39. The maximum atomic E-state index is 12.4. The number of amides is 1. The van der Waals surface area contributed by atoms with Gasteiger partial charge in [-0.1, -0.05) is 0 Å². The van der Waals surface area contributed by atoms with E-state index in [1.54, 1.807) is 6.07 Å². The molecule has 0 unspecified atom stereocenters. The van der Waals surface area contributed by atoms with Crippen molar-refractivity contribution in [3.05, 3.63) is 22.7 Å². The van der Waals surface area contributed by atoms with E-state index in [1.165, 1.54) is 26.3 Å². The van der Waals surface area contributed by atoms with E-state index in [0.717, 1.165) is 17.1 Å². The third-order valence-electron chi connectivity index (χ3n) is 3.14. The molecule has 1 amide bonds. The molecule has 1 fully saturated rings. The Morgan fingerprint density at radius 2 is 2.14 bits per heavy atom. The highest BCUT2D eigenvalue weighted by atomic mass is 79.9.